The number of methoxy groups -OCH3 is 2. The highest BCUT2D eigenvalue weighted by atomic mass is 32.2. The number of carbonyl (C=O) groups is 2. The number of halogens is 5. The fraction of sp³-hybridized carbons (Fsp3) is 0.474. The molecular weight excluding hydrogens is 711 g/mol. The molecule has 0 aromatic heterocycles. The van der Waals surface area contributed by atoms with E-state index in [1.54, 1.807) is 18.2 Å². The summed E-state index contributed by atoms with van der Waals surface area (Å²) in [7, 11) is -3.25. The van der Waals surface area contributed by atoms with Gasteiger partial charge in [0.05, 0.1) is 25.3 Å². The van der Waals surface area contributed by atoms with Crippen molar-refractivity contribution >= 4 is 22.1 Å². The highest BCUT2D eigenvalue weighted by Gasteiger charge is 2.49. The number of benzene rings is 3. The van der Waals surface area contributed by atoms with E-state index in [-0.39, 0.29) is 45.5 Å². The van der Waals surface area contributed by atoms with E-state index in [1.807, 2.05) is 32.0 Å². The molecule has 0 saturated heterocycles. The lowest BCUT2D eigenvalue weighted by Gasteiger charge is -2.29. The first-order valence-electron chi connectivity index (χ1n) is 16.7. The minimum absolute atomic E-state index is 0.0978. The Morgan fingerprint density at radius 3 is 1.77 bits per heavy atom. The SMILES string of the molecule is COC(=O)c1ccc(-c2cccc(OC(F)F)c2)c(C2CCCC2(C)C)c1.COC(=O)c1ccc(OS(=O)(=O)C(F)(F)F)c(C2CCCC2(C)C)c1. The fourth-order valence-corrected chi connectivity index (χ4v) is 7.79. The number of rotatable bonds is 9. The Labute approximate surface area is 300 Å². The normalized spacial score (nSPS) is 19.4. The average molecular weight is 755 g/mol. The van der Waals surface area contributed by atoms with Crippen LogP contribution in [-0.4, -0.2) is 46.7 Å². The summed E-state index contributed by atoms with van der Waals surface area (Å²) in [6.07, 6.45) is 5.57. The Morgan fingerprint density at radius 2 is 1.29 bits per heavy atom. The molecule has 0 heterocycles. The van der Waals surface area contributed by atoms with Gasteiger partial charge in [-0.3, -0.25) is 0 Å². The second-order valence-electron chi connectivity index (χ2n) is 14.3. The molecule has 0 aliphatic heterocycles. The molecule has 2 saturated carbocycles. The smallest absolute Gasteiger partial charge is 0.465 e. The van der Waals surface area contributed by atoms with Crippen molar-refractivity contribution in [2.24, 2.45) is 10.8 Å². The summed E-state index contributed by atoms with van der Waals surface area (Å²) in [6.45, 7) is 5.48. The van der Waals surface area contributed by atoms with E-state index in [9.17, 15) is 40.0 Å². The second-order valence-corrected chi connectivity index (χ2v) is 15.8. The van der Waals surface area contributed by atoms with Crippen molar-refractivity contribution in [3.8, 4) is 22.6 Å². The van der Waals surface area contributed by atoms with Gasteiger partial charge in [-0.2, -0.15) is 30.4 Å². The molecule has 14 heteroatoms. The van der Waals surface area contributed by atoms with E-state index in [4.69, 9.17) is 4.74 Å². The standard InChI is InChI=1S/C22H24F2O3.C16H19F3O5S/c1-22(2)11-5-8-19(22)18-13-15(20(25)26-3)9-10-17(18)14-6-4-7-16(12-14)27-21(23)24;1-15(2)8-4-5-12(15)11-9-10(14(20)23-3)6-7-13(11)24-25(21,22)16(17,18)19/h4,6-7,9-10,12-13,19,21H,5,8,11H2,1-3H3;6-7,9,12H,4-5,8H2,1-3H3. The van der Waals surface area contributed by atoms with E-state index < -0.39 is 34.0 Å². The van der Waals surface area contributed by atoms with Crippen LogP contribution in [0.25, 0.3) is 11.1 Å². The molecule has 3 aromatic carbocycles. The van der Waals surface area contributed by atoms with Gasteiger partial charge >= 0.3 is 34.2 Å². The quantitative estimate of drug-likeness (QED) is 0.0920. The minimum Gasteiger partial charge on any atom is -0.465 e. The van der Waals surface area contributed by atoms with Crippen LogP contribution in [0.5, 0.6) is 11.5 Å². The Hall–Kier alpha value is -4.20. The predicted octanol–water partition coefficient (Wildman–Crippen LogP) is 10.0. The zero-order valence-corrected chi connectivity index (χ0v) is 30.6. The summed E-state index contributed by atoms with van der Waals surface area (Å²) in [5.74, 6) is -1.30. The van der Waals surface area contributed by atoms with Crippen molar-refractivity contribution in [1.82, 2.24) is 0 Å². The van der Waals surface area contributed by atoms with Crippen LogP contribution in [-0.2, 0) is 19.6 Å². The van der Waals surface area contributed by atoms with E-state index in [0.717, 1.165) is 54.9 Å². The van der Waals surface area contributed by atoms with Gasteiger partial charge in [-0.15, -0.1) is 0 Å². The van der Waals surface area contributed by atoms with Crippen molar-refractivity contribution in [1.29, 1.82) is 0 Å². The molecular formula is C38H43F5O8S. The maximum Gasteiger partial charge on any atom is 0.534 e. The van der Waals surface area contributed by atoms with Crippen molar-refractivity contribution < 1.29 is 58.4 Å². The topological polar surface area (TPSA) is 105 Å². The van der Waals surface area contributed by atoms with Crippen molar-refractivity contribution in [3.63, 3.8) is 0 Å². The molecule has 284 valence electrons. The van der Waals surface area contributed by atoms with Gasteiger partial charge in [-0.1, -0.05) is 58.7 Å². The largest absolute Gasteiger partial charge is 0.534 e. The molecule has 0 amide bonds. The van der Waals surface area contributed by atoms with Gasteiger partial charge in [0, 0.05) is 5.56 Å². The van der Waals surface area contributed by atoms with E-state index >= 15 is 0 Å². The summed E-state index contributed by atoms with van der Waals surface area (Å²) >= 11 is 0. The van der Waals surface area contributed by atoms with Crippen LogP contribution in [0, 0.1) is 10.8 Å². The van der Waals surface area contributed by atoms with Crippen LogP contribution < -0.4 is 8.92 Å². The molecule has 2 aliphatic rings. The van der Waals surface area contributed by atoms with Crippen molar-refractivity contribution in [2.45, 2.75) is 90.2 Å². The summed E-state index contributed by atoms with van der Waals surface area (Å²) in [5.41, 5.74) is -2.04. The number of ether oxygens (including phenoxy) is 3. The van der Waals surface area contributed by atoms with Gasteiger partial charge in [-0.25, -0.2) is 9.59 Å². The molecule has 0 spiro atoms. The Morgan fingerprint density at radius 1 is 0.769 bits per heavy atom. The monoisotopic (exact) mass is 754 g/mol. The zero-order chi connectivity index (χ0) is 38.6. The van der Waals surface area contributed by atoms with Crippen LogP contribution >= 0.6 is 0 Å². The second kappa shape index (κ2) is 15.8. The lowest BCUT2D eigenvalue weighted by atomic mass is 9.75. The molecule has 5 rings (SSSR count). The molecule has 0 radical (unpaired) electrons. The van der Waals surface area contributed by atoms with Gasteiger partial charge in [0.15, 0.2) is 0 Å². The highest BCUT2D eigenvalue weighted by Crippen LogP contribution is 2.52. The molecule has 2 aliphatic carbocycles. The molecule has 3 aromatic rings. The van der Waals surface area contributed by atoms with Gasteiger partial charge in [0.1, 0.15) is 11.5 Å². The van der Waals surface area contributed by atoms with Gasteiger partial charge in [0.25, 0.3) is 0 Å². The van der Waals surface area contributed by atoms with Crippen LogP contribution in [0.4, 0.5) is 22.0 Å². The Balaban J connectivity index is 0.000000234. The Bertz CT molecular complexity index is 1870. The lowest BCUT2D eigenvalue weighted by Crippen LogP contribution is -2.29. The minimum atomic E-state index is -5.79. The lowest BCUT2D eigenvalue weighted by molar-refractivity contribution is -0.0505. The molecule has 52 heavy (non-hydrogen) atoms. The predicted molar refractivity (Wildman–Crippen MR) is 184 cm³/mol. The summed E-state index contributed by atoms with van der Waals surface area (Å²) in [6, 6.07) is 15.8. The number of esters is 2. The van der Waals surface area contributed by atoms with E-state index in [2.05, 4.69) is 27.5 Å². The van der Waals surface area contributed by atoms with Gasteiger partial charge in [-0.05, 0) is 108 Å². The zero-order valence-electron chi connectivity index (χ0n) is 29.8. The first-order chi connectivity index (χ1) is 24.2. The van der Waals surface area contributed by atoms with Crippen LogP contribution in [0.3, 0.4) is 0 Å². The number of hydrogen-bond acceptors (Lipinski definition) is 8. The van der Waals surface area contributed by atoms with E-state index in [0.29, 0.717) is 12.0 Å². The summed E-state index contributed by atoms with van der Waals surface area (Å²) < 4.78 is 104. The molecule has 2 unspecified atom stereocenters. The maximum absolute atomic E-state index is 12.7. The molecule has 2 fully saturated rings. The number of carbonyl (C=O) groups excluding carboxylic acids is 2. The van der Waals surface area contributed by atoms with Gasteiger partial charge in [0.2, 0.25) is 0 Å². The summed E-state index contributed by atoms with van der Waals surface area (Å²) in [5, 5.41) is 0. The van der Waals surface area contributed by atoms with Gasteiger partial charge < -0.3 is 18.4 Å². The van der Waals surface area contributed by atoms with Crippen LogP contribution in [0.2, 0.25) is 0 Å². The van der Waals surface area contributed by atoms with Crippen LogP contribution in [0.15, 0.2) is 60.7 Å². The van der Waals surface area contributed by atoms with E-state index in [1.165, 1.54) is 32.4 Å². The first-order valence-corrected chi connectivity index (χ1v) is 18.1. The molecule has 2 atom stereocenters. The number of alkyl halides is 5. The van der Waals surface area contributed by atoms with Crippen molar-refractivity contribution in [2.75, 3.05) is 14.2 Å². The third-order valence-electron chi connectivity index (χ3n) is 10.0. The molecule has 0 bridgehead atoms. The van der Waals surface area contributed by atoms with Crippen LogP contribution in [0.1, 0.15) is 110 Å². The third-order valence-corrected chi connectivity index (χ3v) is 11.0. The summed E-state index contributed by atoms with van der Waals surface area (Å²) in [4.78, 5) is 23.8. The molecule has 0 N–H and O–H groups in total. The van der Waals surface area contributed by atoms with Crippen molar-refractivity contribution in [3.05, 3.63) is 82.9 Å². The highest BCUT2D eigenvalue weighted by molar-refractivity contribution is 7.88. The first kappa shape index (κ1) is 40.6. The maximum atomic E-state index is 12.7. The number of hydrogen-bond donors (Lipinski definition) is 0. The average Bonchev–Trinajstić information content (AvgIpc) is 3.62. The third kappa shape index (κ3) is 9.23. The molecule has 8 nitrogen and oxygen atoms in total. The Kier molecular flexibility index (Phi) is 12.3. The fourth-order valence-electron chi connectivity index (χ4n) is 7.31.